The first kappa shape index (κ1) is 19.5. The molecule has 0 unspecified atom stereocenters. The molecule has 1 aromatic heterocycles. The van der Waals surface area contributed by atoms with Gasteiger partial charge in [-0.05, 0) is 54.8 Å². The van der Waals surface area contributed by atoms with Crippen molar-refractivity contribution in [1.29, 1.82) is 5.26 Å². The number of nitrogens with zero attached hydrogens (tertiary/aromatic N) is 3. The molecule has 1 fully saturated rings. The number of aromatic amines is 1. The zero-order chi connectivity index (χ0) is 21.1. The van der Waals surface area contributed by atoms with Gasteiger partial charge < -0.3 is 14.4 Å². The van der Waals surface area contributed by atoms with E-state index in [1.165, 1.54) is 0 Å². The van der Waals surface area contributed by atoms with E-state index in [-0.39, 0.29) is 11.6 Å². The van der Waals surface area contributed by atoms with Crippen molar-refractivity contribution in [3.63, 3.8) is 0 Å². The minimum Gasteiger partial charge on any atom is -0.497 e. The molecular weight excluding hydrogens is 380 g/mol. The lowest BCUT2D eigenvalue weighted by atomic mass is 10.0. The van der Waals surface area contributed by atoms with Crippen molar-refractivity contribution in [1.82, 2.24) is 9.97 Å². The first-order valence-corrected chi connectivity index (χ1v) is 9.74. The molecule has 1 atom stereocenters. The maximum absolute atomic E-state index is 12.7. The number of ether oxygens (including phenoxy) is 2. The molecule has 1 aliphatic heterocycles. The van der Waals surface area contributed by atoms with Crippen LogP contribution in [0.4, 0.5) is 5.95 Å². The van der Waals surface area contributed by atoms with Gasteiger partial charge >= 0.3 is 0 Å². The number of methoxy groups -OCH3 is 2. The lowest BCUT2D eigenvalue weighted by molar-refractivity contribution is 0.414. The highest BCUT2D eigenvalue weighted by molar-refractivity contribution is 5.68. The number of benzene rings is 2. The fraction of sp³-hybridized carbons (Fsp3) is 0.261. The molecule has 0 spiro atoms. The van der Waals surface area contributed by atoms with Gasteiger partial charge in [0.05, 0.1) is 26.0 Å². The summed E-state index contributed by atoms with van der Waals surface area (Å²) in [5.41, 5.74) is 1.77. The number of H-pyrrole nitrogens is 1. The standard InChI is InChI=1S/C23H22N4O3/c1-29-17-9-5-15(6-10-17)20-4-3-13-27(20)23-25-21(19(14-24)22(28)26-23)16-7-11-18(30-2)12-8-16/h5-12,20H,3-4,13H2,1-2H3,(H,25,26,28)/t20-/m1/s1. The van der Waals surface area contributed by atoms with Crippen LogP contribution in [0.1, 0.15) is 30.0 Å². The van der Waals surface area contributed by atoms with E-state index >= 15 is 0 Å². The maximum atomic E-state index is 12.7. The van der Waals surface area contributed by atoms with E-state index in [1.54, 1.807) is 38.5 Å². The average molecular weight is 402 g/mol. The van der Waals surface area contributed by atoms with Crippen molar-refractivity contribution < 1.29 is 9.47 Å². The second-order valence-electron chi connectivity index (χ2n) is 7.08. The summed E-state index contributed by atoms with van der Waals surface area (Å²) in [6.45, 7) is 0.771. The topological polar surface area (TPSA) is 91.2 Å². The van der Waals surface area contributed by atoms with Crippen LogP contribution in [-0.4, -0.2) is 30.7 Å². The molecule has 0 saturated carbocycles. The monoisotopic (exact) mass is 402 g/mol. The third-order valence-corrected chi connectivity index (χ3v) is 5.41. The van der Waals surface area contributed by atoms with Crippen LogP contribution in [0.5, 0.6) is 11.5 Å². The van der Waals surface area contributed by atoms with Crippen molar-refractivity contribution in [3.05, 3.63) is 70.0 Å². The number of anilines is 1. The predicted molar refractivity (Wildman–Crippen MR) is 114 cm³/mol. The fourth-order valence-electron chi connectivity index (χ4n) is 3.85. The molecule has 30 heavy (non-hydrogen) atoms. The molecule has 0 amide bonds. The Kier molecular flexibility index (Phi) is 5.40. The summed E-state index contributed by atoms with van der Waals surface area (Å²) in [5.74, 6) is 1.97. The largest absolute Gasteiger partial charge is 0.497 e. The molecule has 7 nitrogen and oxygen atoms in total. The van der Waals surface area contributed by atoms with E-state index < -0.39 is 5.56 Å². The quantitative estimate of drug-likeness (QED) is 0.700. The van der Waals surface area contributed by atoms with E-state index in [0.29, 0.717) is 23.0 Å². The first-order chi connectivity index (χ1) is 14.6. The highest BCUT2D eigenvalue weighted by Gasteiger charge is 2.29. The third kappa shape index (κ3) is 3.60. The average Bonchev–Trinajstić information content (AvgIpc) is 3.28. The minimum absolute atomic E-state index is 0.00381. The van der Waals surface area contributed by atoms with Crippen LogP contribution in [0, 0.1) is 11.3 Å². The lowest BCUT2D eigenvalue weighted by Gasteiger charge is -2.26. The van der Waals surface area contributed by atoms with Crippen molar-refractivity contribution in [2.24, 2.45) is 0 Å². The Bertz CT molecular complexity index is 1130. The molecule has 0 bridgehead atoms. The molecule has 1 N–H and O–H groups in total. The van der Waals surface area contributed by atoms with Gasteiger partial charge in [-0.3, -0.25) is 9.78 Å². The zero-order valence-corrected chi connectivity index (χ0v) is 16.9. The molecule has 2 heterocycles. The van der Waals surface area contributed by atoms with Crippen LogP contribution >= 0.6 is 0 Å². The highest BCUT2D eigenvalue weighted by Crippen LogP contribution is 2.35. The van der Waals surface area contributed by atoms with Gasteiger partial charge in [-0.2, -0.15) is 5.26 Å². The summed E-state index contributed by atoms with van der Waals surface area (Å²) >= 11 is 0. The summed E-state index contributed by atoms with van der Waals surface area (Å²) in [7, 11) is 3.23. The number of hydrogen-bond donors (Lipinski definition) is 1. The van der Waals surface area contributed by atoms with E-state index in [1.807, 2.05) is 30.3 Å². The molecule has 152 valence electrons. The van der Waals surface area contributed by atoms with Crippen molar-refractivity contribution in [2.75, 3.05) is 25.7 Å². The molecule has 3 aromatic rings. The first-order valence-electron chi connectivity index (χ1n) is 9.74. The Balaban J connectivity index is 1.75. The van der Waals surface area contributed by atoms with Crippen LogP contribution in [0.15, 0.2) is 53.3 Å². The van der Waals surface area contributed by atoms with E-state index in [2.05, 4.69) is 9.88 Å². The predicted octanol–water partition coefficient (Wildman–Crippen LogP) is 3.67. The van der Waals surface area contributed by atoms with Gasteiger partial charge in [0.25, 0.3) is 5.56 Å². The van der Waals surface area contributed by atoms with Gasteiger partial charge in [-0.15, -0.1) is 0 Å². The summed E-state index contributed by atoms with van der Waals surface area (Å²) in [6, 6.07) is 17.2. The van der Waals surface area contributed by atoms with Crippen molar-refractivity contribution >= 4 is 5.95 Å². The van der Waals surface area contributed by atoms with Gasteiger partial charge in [-0.25, -0.2) is 4.98 Å². The summed E-state index contributed by atoms with van der Waals surface area (Å²) in [5, 5.41) is 9.54. The Labute approximate surface area is 174 Å². The molecule has 0 aliphatic carbocycles. The summed E-state index contributed by atoms with van der Waals surface area (Å²) < 4.78 is 10.5. The number of hydrogen-bond acceptors (Lipinski definition) is 6. The Morgan fingerprint density at radius 2 is 1.70 bits per heavy atom. The normalized spacial score (nSPS) is 15.6. The number of rotatable bonds is 5. The van der Waals surface area contributed by atoms with Crippen LogP contribution in [-0.2, 0) is 0 Å². The minimum atomic E-state index is -0.436. The Morgan fingerprint density at radius 1 is 1.07 bits per heavy atom. The number of nitrogens with one attached hydrogen (secondary N) is 1. The van der Waals surface area contributed by atoms with Gasteiger partial charge in [0, 0.05) is 12.1 Å². The van der Waals surface area contributed by atoms with E-state index in [9.17, 15) is 10.1 Å². The molecule has 0 radical (unpaired) electrons. The van der Waals surface area contributed by atoms with Crippen LogP contribution in [0.3, 0.4) is 0 Å². The molecule has 4 rings (SSSR count). The van der Waals surface area contributed by atoms with Crippen molar-refractivity contribution in [3.8, 4) is 28.8 Å². The number of aromatic nitrogens is 2. The zero-order valence-electron chi connectivity index (χ0n) is 16.9. The molecular formula is C23H22N4O3. The lowest BCUT2D eigenvalue weighted by Crippen LogP contribution is -2.28. The Morgan fingerprint density at radius 3 is 2.30 bits per heavy atom. The SMILES string of the molecule is COc1ccc(-c2nc(N3CCC[C@@H]3c3ccc(OC)cc3)[nH]c(=O)c2C#N)cc1. The maximum Gasteiger partial charge on any atom is 0.270 e. The van der Waals surface area contributed by atoms with Gasteiger partial charge in [-0.1, -0.05) is 12.1 Å². The van der Waals surface area contributed by atoms with E-state index in [4.69, 9.17) is 14.5 Å². The van der Waals surface area contributed by atoms with Gasteiger partial charge in [0.2, 0.25) is 5.95 Å². The molecule has 1 aliphatic rings. The highest BCUT2D eigenvalue weighted by atomic mass is 16.5. The molecule has 1 saturated heterocycles. The third-order valence-electron chi connectivity index (χ3n) is 5.41. The fourth-order valence-corrected chi connectivity index (χ4v) is 3.85. The second kappa shape index (κ2) is 8.29. The van der Waals surface area contributed by atoms with Crippen molar-refractivity contribution in [2.45, 2.75) is 18.9 Å². The molecule has 7 heteroatoms. The van der Waals surface area contributed by atoms with E-state index in [0.717, 1.165) is 30.7 Å². The summed E-state index contributed by atoms with van der Waals surface area (Å²) in [4.78, 5) is 22.3. The second-order valence-corrected chi connectivity index (χ2v) is 7.08. The van der Waals surface area contributed by atoms with Crippen LogP contribution in [0.2, 0.25) is 0 Å². The van der Waals surface area contributed by atoms with Gasteiger partial charge in [0.1, 0.15) is 23.1 Å². The Hall–Kier alpha value is -3.79. The van der Waals surface area contributed by atoms with Crippen LogP contribution < -0.4 is 19.9 Å². The number of nitriles is 1. The summed E-state index contributed by atoms with van der Waals surface area (Å²) in [6.07, 6.45) is 1.94. The molecule has 2 aromatic carbocycles. The van der Waals surface area contributed by atoms with Crippen LogP contribution in [0.25, 0.3) is 11.3 Å². The smallest absolute Gasteiger partial charge is 0.270 e. The van der Waals surface area contributed by atoms with Gasteiger partial charge in [0.15, 0.2) is 0 Å².